The highest BCUT2D eigenvalue weighted by Gasteiger charge is 2.00. The Balaban J connectivity index is 2.55. The SMILES string of the molecule is CC[C@@H](O)CNc1cccc(C#N)c1. The lowest BCUT2D eigenvalue weighted by Crippen LogP contribution is -2.18. The van der Waals surface area contributed by atoms with Crippen molar-refractivity contribution in [3.63, 3.8) is 0 Å². The molecule has 0 fully saturated rings. The van der Waals surface area contributed by atoms with Crippen LogP contribution in [-0.2, 0) is 0 Å². The molecule has 1 aromatic carbocycles. The molecule has 0 radical (unpaired) electrons. The number of hydrogen-bond donors (Lipinski definition) is 2. The van der Waals surface area contributed by atoms with Gasteiger partial charge in [0.25, 0.3) is 0 Å². The zero-order valence-electron chi connectivity index (χ0n) is 8.20. The van der Waals surface area contributed by atoms with Gasteiger partial charge in [0.05, 0.1) is 17.7 Å². The van der Waals surface area contributed by atoms with Gasteiger partial charge in [-0.2, -0.15) is 5.26 Å². The Kier molecular flexibility index (Phi) is 3.96. The van der Waals surface area contributed by atoms with Crippen molar-refractivity contribution in [2.75, 3.05) is 11.9 Å². The van der Waals surface area contributed by atoms with E-state index in [1.54, 1.807) is 12.1 Å². The van der Waals surface area contributed by atoms with E-state index in [1.165, 1.54) is 0 Å². The summed E-state index contributed by atoms with van der Waals surface area (Å²) in [5, 5.41) is 21.0. The van der Waals surface area contributed by atoms with E-state index in [-0.39, 0.29) is 6.10 Å². The zero-order chi connectivity index (χ0) is 10.4. The summed E-state index contributed by atoms with van der Waals surface area (Å²) < 4.78 is 0. The Morgan fingerprint density at radius 3 is 3.00 bits per heavy atom. The van der Waals surface area contributed by atoms with Gasteiger partial charge in [-0.1, -0.05) is 13.0 Å². The number of nitrogens with zero attached hydrogens (tertiary/aromatic N) is 1. The van der Waals surface area contributed by atoms with Gasteiger partial charge in [-0.05, 0) is 24.6 Å². The van der Waals surface area contributed by atoms with Crippen LogP contribution in [0.3, 0.4) is 0 Å². The average molecular weight is 190 g/mol. The summed E-state index contributed by atoms with van der Waals surface area (Å²) in [6.07, 6.45) is 0.394. The molecule has 0 saturated heterocycles. The van der Waals surface area contributed by atoms with E-state index < -0.39 is 0 Å². The van der Waals surface area contributed by atoms with Crippen molar-refractivity contribution < 1.29 is 5.11 Å². The third kappa shape index (κ3) is 3.08. The number of hydrogen-bond acceptors (Lipinski definition) is 3. The van der Waals surface area contributed by atoms with Crippen LogP contribution in [0, 0.1) is 11.3 Å². The lowest BCUT2D eigenvalue weighted by molar-refractivity contribution is 0.183. The van der Waals surface area contributed by atoms with E-state index in [9.17, 15) is 5.11 Å². The maximum Gasteiger partial charge on any atom is 0.0992 e. The number of aliphatic hydroxyl groups is 1. The van der Waals surface area contributed by atoms with Crippen LogP contribution in [0.4, 0.5) is 5.69 Å². The average Bonchev–Trinajstić information content (AvgIpc) is 2.26. The van der Waals surface area contributed by atoms with Crippen molar-refractivity contribution in [1.29, 1.82) is 5.26 Å². The predicted octanol–water partition coefficient (Wildman–Crippen LogP) is 1.74. The molecule has 0 bridgehead atoms. The van der Waals surface area contributed by atoms with Gasteiger partial charge in [0.2, 0.25) is 0 Å². The molecule has 0 unspecified atom stereocenters. The molecule has 3 nitrogen and oxygen atoms in total. The first-order valence-corrected chi connectivity index (χ1v) is 4.68. The van der Waals surface area contributed by atoms with Crippen LogP contribution in [0.1, 0.15) is 18.9 Å². The molecular formula is C11H14N2O. The normalized spacial score (nSPS) is 11.8. The quantitative estimate of drug-likeness (QED) is 0.760. The molecule has 3 heteroatoms. The summed E-state index contributed by atoms with van der Waals surface area (Å²) in [5.74, 6) is 0. The van der Waals surface area contributed by atoms with E-state index in [2.05, 4.69) is 11.4 Å². The van der Waals surface area contributed by atoms with Crippen LogP contribution >= 0.6 is 0 Å². The van der Waals surface area contributed by atoms with Crippen molar-refractivity contribution in [3.05, 3.63) is 29.8 Å². The van der Waals surface area contributed by atoms with Crippen LogP contribution in [0.25, 0.3) is 0 Å². The van der Waals surface area contributed by atoms with Crippen molar-refractivity contribution in [3.8, 4) is 6.07 Å². The van der Waals surface area contributed by atoms with E-state index >= 15 is 0 Å². The predicted molar refractivity (Wildman–Crippen MR) is 55.9 cm³/mol. The summed E-state index contributed by atoms with van der Waals surface area (Å²) in [6, 6.07) is 9.28. The van der Waals surface area contributed by atoms with Gasteiger partial charge in [0.15, 0.2) is 0 Å². The highest BCUT2D eigenvalue weighted by molar-refractivity contribution is 5.49. The maximum absolute atomic E-state index is 9.32. The van der Waals surface area contributed by atoms with Crippen molar-refractivity contribution in [2.24, 2.45) is 0 Å². The summed E-state index contributed by atoms with van der Waals surface area (Å²) >= 11 is 0. The third-order valence-corrected chi connectivity index (χ3v) is 2.00. The van der Waals surface area contributed by atoms with Gasteiger partial charge in [0, 0.05) is 12.2 Å². The first kappa shape index (κ1) is 10.6. The lowest BCUT2D eigenvalue weighted by atomic mass is 10.2. The Morgan fingerprint density at radius 1 is 1.57 bits per heavy atom. The second-order valence-corrected chi connectivity index (χ2v) is 3.14. The van der Waals surface area contributed by atoms with E-state index in [4.69, 9.17) is 5.26 Å². The second kappa shape index (κ2) is 5.25. The van der Waals surface area contributed by atoms with Gasteiger partial charge in [0.1, 0.15) is 0 Å². The highest BCUT2D eigenvalue weighted by atomic mass is 16.3. The molecule has 0 aliphatic heterocycles. The smallest absolute Gasteiger partial charge is 0.0992 e. The number of anilines is 1. The fraction of sp³-hybridized carbons (Fsp3) is 0.364. The largest absolute Gasteiger partial charge is 0.391 e. The summed E-state index contributed by atoms with van der Waals surface area (Å²) in [5.41, 5.74) is 1.50. The van der Waals surface area contributed by atoms with Crippen molar-refractivity contribution >= 4 is 5.69 Å². The molecule has 0 aliphatic carbocycles. The Bertz CT molecular complexity index is 330. The van der Waals surface area contributed by atoms with Gasteiger partial charge < -0.3 is 10.4 Å². The Hall–Kier alpha value is -1.53. The van der Waals surface area contributed by atoms with Gasteiger partial charge in [-0.3, -0.25) is 0 Å². The lowest BCUT2D eigenvalue weighted by Gasteiger charge is -2.10. The number of aliphatic hydroxyl groups excluding tert-OH is 1. The number of nitrogens with one attached hydrogen (secondary N) is 1. The number of rotatable bonds is 4. The van der Waals surface area contributed by atoms with E-state index in [0.29, 0.717) is 12.1 Å². The van der Waals surface area contributed by atoms with Crippen LogP contribution < -0.4 is 5.32 Å². The second-order valence-electron chi connectivity index (χ2n) is 3.14. The zero-order valence-corrected chi connectivity index (χ0v) is 8.20. The standard InChI is InChI=1S/C11H14N2O/c1-2-11(14)8-13-10-5-3-4-9(6-10)7-12/h3-6,11,13-14H,2,8H2,1H3/t11-/m1/s1. The molecule has 0 spiro atoms. The summed E-state index contributed by atoms with van der Waals surface area (Å²) in [4.78, 5) is 0. The summed E-state index contributed by atoms with van der Waals surface area (Å²) in [6.45, 7) is 2.45. The van der Waals surface area contributed by atoms with Crippen LogP contribution in [0.5, 0.6) is 0 Å². The van der Waals surface area contributed by atoms with Gasteiger partial charge in [-0.15, -0.1) is 0 Å². The third-order valence-electron chi connectivity index (χ3n) is 2.00. The number of nitriles is 1. The Labute approximate surface area is 84.0 Å². The van der Waals surface area contributed by atoms with E-state index in [1.807, 2.05) is 19.1 Å². The molecule has 0 aromatic heterocycles. The monoisotopic (exact) mass is 190 g/mol. The van der Waals surface area contributed by atoms with Gasteiger partial charge >= 0.3 is 0 Å². The van der Waals surface area contributed by atoms with Crippen LogP contribution in [-0.4, -0.2) is 17.8 Å². The minimum Gasteiger partial charge on any atom is -0.391 e. The molecule has 1 atom stereocenters. The molecule has 0 saturated carbocycles. The molecule has 74 valence electrons. The summed E-state index contributed by atoms with van der Waals surface area (Å²) in [7, 11) is 0. The highest BCUT2D eigenvalue weighted by Crippen LogP contribution is 2.09. The minimum absolute atomic E-state index is 0.333. The van der Waals surface area contributed by atoms with Crippen LogP contribution in [0.15, 0.2) is 24.3 Å². The van der Waals surface area contributed by atoms with Crippen LogP contribution in [0.2, 0.25) is 0 Å². The molecule has 2 N–H and O–H groups in total. The molecule has 0 amide bonds. The molecule has 1 aromatic rings. The molecular weight excluding hydrogens is 176 g/mol. The number of benzene rings is 1. The molecule has 0 aliphatic rings. The van der Waals surface area contributed by atoms with E-state index in [0.717, 1.165) is 12.1 Å². The van der Waals surface area contributed by atoms with Gasteiger partial charge in [-0.25, -0.2) is 0 Å². The fourth-order valence-corrected chi connectivity index (χ4v) is 1.08. The Morgan fingerprint density at radius 2 is 2.36 bits per heavy atom. The molecule has 1 rings (SSSR count). The fourth-order valence-electron chi connectivity index (χ4n) is 1.08. The topological polar surface area (TPSA) is 56.0 Å². The molecule has 14 heavy (non-hydrogen) atoms. The van der Waals surface area contributed by atoms with Crippen molar-refractivity contribution in [1.82, 2.24) is 0 Å². The maximum atomic E-state index is 9.32. The first-order chi connectivity index (χ1) is 6.76. The first-order valence-electron chi connectivity index (χ1n) is 4.68. The van der Waals surface area contributed by atoms with Crippen molar-refractivity contribution in [2.45, 2.75) is 19.4 Å². The minimum atomic E-state index is -0.333. The molecule has 0 heterocycles.